The summed E-state index contributed by atoms with van der Waals surface area (Å²) in [6.45, 7) is 1.84. The second-order valence-electron chi connectivity index (χ2n) is 4.67. The quantitative estimate of drug-likeness (QED) is 0.899. The van der Waals surface area contributed by atoms with Crippen LogP contribution >= 0.6 is 0 Å². The van der Waals surface area contributed by atoms with Crippen LogP contribution in [0.25, 0.3) is 0 Å². The number of nitrogens with one attached hydrogen (secondary N) is 1. The predicted molar refractivity (Wildman–Crippen MR) is 76.3 cm³/mol. The zero-order valence-electron chi connectivity index (χ0n) is 11.2. The lowest BCUT2D eigenvalue weighted by Crippen LogP contribution is -2.35. The summed E-state index contributed by atoms with van der Waals surface area (Å²) in [5, 5.41) is 2.83. The van der Waals surface area contributed by atoms with E-state index < -0.39 is 6.04 Å². The zero-order valence-corrected chi connectivity index (χ0v) is 11.2. The fraction of sp³-hybridized carbons (Fsp3) is 0.188. The van der Waals surface area contributed by atoms with E-state index in [0.29, 0.717) is 0 Å². The number of benzene rings is 2. The molecule has 3 N–H and O–H groups in total. The smallest absolute Gasteiger partial charge is 0.241 e. The van der Waals surface area contributed by atoms with Gasteiger partial charge in [0.05, 0.1) is 6.04 Å². The molecule has 0 unspecified atom stereocenters. The lowest BCUT2D eigenvalue weighted by atomic mass is 10.1. The van der Waals surface area contributed by atoms with Crippen molar-refractivity contribution in [1.82, 2.24) is 5.32 Å². The van der Waals surface area contributed by atoms with Crippen LogP contribution in [-0.4, -0.2) is 5.91 Å². The van der Waals surface area contributed by atoms with E-state index in [2.05, 4.69) is 5.32 Å². The molecule has 0 bridgehead atoms. The minimum absolute atomic E-state index is 0.224. The SMILES string of the molecule is C[C@H](NC(=O)[C@H](N)c1ccccc1)c1ccc(F)cc1. The lowest BCUT2D eigenvalue weighted by molar-refractivity contribution is -0.123. The van der Waals surface area contributed by atoms with Crippen LogP contribution in [0.4, 0.5) is 4.39 Å². The molecule has 0 aliphatic rings. The molecule has 2 rings (SSSR count). The topological polar surface area (TPSA) is 55.1 Å². The Hall–Kier alpha value is -2.20. The second-order valence-corrected chi connectivity index (χ2v) is 4.67. The summed E-state index contributed by atoms with van der Waals surface area (Å²) in [7, 11) is 0. The van der Waals surface area contributed by atoms with E-state index in [4.69, 9.17) is 5.73 Å². The summed E-state index contributed by atoms with van der Waals surface area (Å²) in [5.41, 5.74) is 7.51. The monoisotopic (exact) mass is 272 g/mol. The van der Waals surface area contributed by atoms with E-state index in [0.717, 1.165) is 11.1 Å². The summed E-state index contributed by atoms with van der Waals surface area (Å²) in [6.07, 6.45) is 0. The van der Waals surface area contributed by atoms with E-state index in [1.54, 1.807) is 12.1 Å². The van der Waals surface area contributed by atoms with E-state index in [9.17, 15) is 9.18 Å². The molecular weight excluding hydrogens is 255 g/mol. The molecule has 0 aliphatic carbocycles. The van der Waals surface area contributed by atoms with Gasteiger partial charge in [-0.1, -0.05) is 42.5 Å². The van der Waals surface area contributed by atoms with Gasteiger partial charge in [-0.05, 0) is 30.2 Å². The highest BCUT2D eigenvalue weighted by Crippen LogP contribution is 2.15. The van der Waals surface area contributed by atoms with Crippen molar-refractivity contribution in [3.8, 4) is 0 Å². The number of carbonyl (C=O) groups excluding carboxylic acids is 1. The number of hydrogen-bond donors (Lipinski definition) is 2. The molecule has 0 heterocycles. The third-order valence-corrected chi connectivity index (χ3v) is 3.17. The standard InChI is InChI=1S/C16H17FN2O/c1-11(12-7-9-14(17)10-8-12)19-16(20)15(18)13-5-3-2-4-6-13/h2-11,15H,18H2,1H3,(H,19,20)/t11-,15+/m0/s1. The summed E-state index contributed by atoms with van der Waals surface area (Å²) in [5.74, 6) is -0.554. The van der Waals surface area contributed by atoms with E-state index in [-0.39, 0.29) is 17.8 Å². The minimum Gasteiger partial charge on any atom is -0.348 e. The Morgan fingerprint density at radius 1 is 1.05 bits per heavy atom. The van der Waals surface area contributed by atoms with Crippen LogP contribution in [0.5, 0.6) is 0 Å². The Labute approximate surface area is 117 Å². The second kappa shape index (κ2) is 6.30. The van der Waals surface area contributed by atoms with Crippen molar-refractivity contribution in [2.45, 2.75) is 19.0 Å². The molecule has 2 atom stereocenters. The molecule has 20 heavy (non-hydrogen) atoms. The molecule has 3 nitrogen and oxygen atoms in total. The van der Waals surface area contributed by atoms with Crippen molar-refractivity contribution >= 4 is 5.91 Å². The Balaban J connectivity index is 2.02. The van der Waals surface area contributed by atoms with E-state index >= 15 is 0 Å². The molecule has 0 radical (unpaired) electrons. The van der Waals surface area contributed by atoms with Crippen LogP contribution in [0.1, 0.15) is 30.1 Å². The largest absolute Gasteiger partial charge is 0.348 e. The molecule has 104 valence electrons. The van der Waals surface area contributed by atoms with Crippen LogP contribution in [-0.2, 0) is 4.79 Å². The van der Waals surface area contributed by atoms with E-state index in [1.807, 2.05) is 37.3 Å². The Bertz CT molecular complexity index is 569. The molecule has 1 amide bonds. The molecule has 0 spiro atoms. The van der Waals surface area contributed by atoms with Gasteiger partial charge in [0, 0.05) is 0 Å². The van der Waals surface area contributed by atoms with Crippen LogP contribution in [0.3, 0.4) is 0 Å². The maximum atomic E-state index is 12.9. The van der Waals surface area contributed by atoms with Gasteiger partial charge in [0.15, 0.2) is 0 Å². The summed E-state index contributed by atoms with van der Waals surface area (Å²) < 4.78 is 12.9. The average molecular weight is 272 g/mol. The van der Waals surface area contributed by atoms with Crippen molar-refractivity contribution in [2.75, 3.05) is 0 Å². The van der Waals surface area contributed by atoms with Gasteiger partial charge in [0.25, 0.3) is 0 Å². The lowest BCUT2D eigenvalue weighted by Gasteiger charge is -2.18. The molecule has 0 aliphatic heterocycles. The fourth-order valence-electron chi connectivity index (χ4n) is 1.95. The van der Waals surface area contributed by atoms with Gasteiger partial charge in [-0.2, -0.15) is 0 Å². The number of halogens is 1. The molecular formula is C16H17FN2O. The van der Waals surface area contributed by atoms with Crippen molar-refractivity contribution in [1.29, 1.82) is 0 Å². The third kappa shape index (κ3) is 3.42. The fourth-order valence-corrected chi connectivity index (χ4v) is 1.95. The Morgan fingerprint density at radius 3 is 2.25 bits per heavy atom. The zero-order chi connectivity index (χ0) is 14.5. The number of carbonyl (C=O) groups is 1. The summed E-state index contributed by atoms with van der Waals surface area (Å²) >= 11 is 0. The number of hydrogen-bond acceptors (Lipinski definition) is 2. The summed E-state index contributed by atoms with van der Waals surface area (Å²) in [6, 6.07) is 14.3. The highest BCUT2D eigenvalue weighted by atomic mass is 19.1. The van der Waals surface area contributed by atoms with Gasteiger partial charge < -0.3 is 11.1 Å². The first kappa shape index (κ1) is 14.2. The molecule has 0 aromatic heterocycles. The van der Waals surface area contributed by atoms with Crippen molar-refractivity contribution < 1.29 is 9.18 Å². The first-order chi connectivity index (χ1) is 9.58. The first-order valence-corrected chi connectivity index (χ1v) is 6.44. The predicted octanol–water partition coefficient (Wildman–Crippen LogP) is 2.70. The Kier molecular flexibility index (Phi) is 4.48. The number of rotatable bonds is 4. The normalized spacial score (nSPS) is 13.6. The molecule has 2 aromatic carbocycles. The highest BCUT2D eigenvalue weighted by Gasteiger charge is 2.18. The van der Waals surface area contributed by atoms with Gasteiger partial charge >= 0.3 is 0 Å². The number of nitrogens with two attached hydrogens (primary N) is 1. The van der Waals surface area contributed by atoms with Crippen LogP contribution in [0.2, 0.25) is 0 Å². The molecule has 0 fully saturated rings. The van der Waals surface area contributed by atoms with Crippen LogP contribution in [0.15, 0.2) is 54.6 Å². The van der Waals surface area contributed by atoms with Gasteiger partial charge in [-0.3, -0.25) is 4.79 Å². The number of amides is 1. The van der Waals surface area contributed by atoms with Gasteiger partial charge in [-0.25, -0.2) is 4.39 Å². The minimum atomic E-state index is -0.709. The molecule has 0 saturated heterocycles. The van der Waals surface area contributed by atoms with Gasteiger partial charge in [-0.15, -0.1) is 0 Å². The third-order valence-electron chi connectivity index (χ3n) is 3.17. The highest BCUT2D eigenvalue weighted by molar-refractivity contribution is 5.83. The summed E-state index contributed by atoms with van der Waals surface area (Å²) in [4.78, 5) is 12.1. The van der Waals surface area contributed by atoms with Crippen LogP contribution in [0, 0.1) is 5.82 Å². The average Bonchev–Trinajstić information content (AvgIpc) is 2.48. The van der Waals surface area contributed by atoms with Gasteiger partial charge in [0.2, 0.25) is 5.91 Å². The molecule has 0 saturated carbocycles. The maximum absolute atomic E-state index is 12.9. The molecule has 2 aromatic rings. The van der Waals surface area contributed by atoms with Crippen molar-refractivity contribution in [3.05, 3.63) is 71.5 Å². The van der Waals surface area contributed by atoms with Crippen LogP contribution < -0.4 is 11.1 Å². The van der Waals surface area contributed by atoms with Crippen molar-refractivity contribution in [3.63, 3.8) is 0 Å². The Morgan fingerprint density at radius 2 is 1.65 bits per heavy atom. The van der Waals surface area contributed by atoms with Gasteiger partial charge in [0.1, 0.15) is 11.9 Å². The maximum Gasteiger partial charge on any atom is 0.241 e. The molecule has 4 heteroatoms. The van der Waals surface area contributed by atoms with E-state index in [1.165, 1.54) is 12.1 Å². The first-order valence-electron chi connectivity index (χ1n) is 6.44. The van der Waals surface area contributed by atoms with Crippen molar-refractivity contribution in [2.24, 2.45) is 5.73 Å².